The van der Waals surface area contributed by atoms with Crippen LogP contribution < -0.4 is 11.1 Å². The summed E-state index contributed by atoms with van der Waals surface area (Å²) in [4.78, 5) is 31.3. The van der Waals surface area contributed by atoms with Crippen molar-refractivity contribution in [1.82, 2.24) is 9.88 Å². The molecule has 2 heterocycles. The number of hydrogen-bond donors (Lipinski definition) is 2. The van der Waals surface area contributed by atoms with Gasteiger partial charge in [0.05, 0.1) is 19.3 Å². The highest BCUT2D eigenvalue weighted by molar-refractivity contribution is 6.30. The first kappa shape index (κ1) is 22.9. The van der Waals surface area contributed by atoms with Crippen molar-refractivity contribution in [2.24, 2.45) is 5.73 Å². The van der Waals surface area contributed by atoms with Crippen molar-refractivity contribution >= 4 is 29.1 Å². The van der Waals surface area contributed by atoms with E-state index in [0.29, 0.717) is 36.0 Å². The van der Waals surface area contributed by atoms with Crippen LogP contribution in [0.2, 0.25) is 5.02 Å². The molecule has 7 nitrogen and oxygen atoms in total. The maximum atomic E-state index is 13.1. The van der Waals surface area contributed by atoms with Gasteiger partial charge in [-0.05, 0) is 47.5 Å². The highest BCUT2D eigenvalue weighted by Crippen LogP contribution is 2.27. The fourth-order valence-corrected chi connectivity index (χ4v) is 3.93. The number of ether oxygens (including phenoxy) is 1. The smallest absolute Gasteiger partial charge is 0.255 e. The zero-order valence-corrected chi connectivity index (χ0v) is 18.7. The second kappa shape index (κ2) is 10.6. The van der Waals surface area contributed by atoms with Crippen LogP contribution in [0.25, 0.3) is 0 Å². The van der Waals surface area contributed by atoms with E-state index in [-0.39, 0.29) is 24.3 Å². The number of morpholine rings is 1. The Balaban J connectivity index is 1.39. The van der Waals surface area contributed by atoms with E-state index in [1.54, 1.807) is 48.8 Å². The molecular formula is C25H25ClN4O3. The monoisotopic (exact) mass is 464 g/mol. The van der Waals surface area contributed by atoms with Crippen molar-refractivity contribution in [2.45, 2.75) is 18.5 Å². The molecule has 1 aromatic heterocycles. The third-order valence-electron chi connectivity index (χ3n) is 5.64. The van der Waals surface area contributed by atoms with E-state index in [4.69, 9.17) is 22.1 Å². The molecule has 0 saturated carbocycles. The number of pyridine rings is 1. The zero-order chi connectivity index (χ0) is 23.2. The van der Waals surface area contributed by atoms with Crippen LogP contribution in [0, 0.1) is 0 Å². The van der Waals surface area contributed by atoms with E-state index in [1.807, 2.05) is 29.2 Å². The molecule has 0 aliphatic carbocycles. The number of halogens is 1. The quantitative estimate of drug-likeness (QED) is 0.575. The molecule has 0 spiro atoms. The summed E-state index contributed by atoms with van der Waals surface area (Å²) in [6.45, 7) is 1.43. The zero-order valence-electron chi connectivity index (χ0n) is 18.0. The molecule has 2 unspecified atom stereocenters. The molecule has 2 amide bonds. The number of carbonyl (C=O) groups is 2. The third kappa shape index (κ3) is 5.76. The number of amides is 2. The van der Waals surface area contributed by atoms with E-state index in [1.165, 1.54) is 0 Å². The lowest BCUT2D eigenvalue weighted by Gasteiger charge is -2.36. The summed E-state index contributed by atoms with van der Waals surface area (Å²) in [5.41, 5.74) is 9.30. The number of aromatic nitrogens is 1. The molecule has 2 aromatic carbocycles. The summed E-state index contributed by atoms with van der Waals surface area (Å²) in [5, 5.41) is 3.46. The topological polar surface area (TPSA) is 97.5 Å². The molecule has 1 aliphatic heterocycles. The van der Waals surface area contributed by atoms with Gasteiger partial charge < -0.3 is 20.7 Å². The molecule has 3 aromatic rings. The predicted octanol–water partition coefficient (Wildman–Crippen LogP) is 3.98. The lowest BCUT2D eigenvalue weighted by atomic mass is 10.00. The van der Waals surface area contributed by atoms with Gasteiger partial charge in [0, 0.05) is 47.7 Å². The van der Waals surface area contributed by atoms with Gasteiger partial charge in [-0.1, -0.05) is 35.9 Å². The summed E-state index contributed by atoms with van der Waals surface area (Å²) in [6, 6.07) is 17.2. The van der Waals surface area contributed by atoms with Crippen molar-refractivity contribution in [3.63, 3.8) is 0 Å². The van der Waals surface area contributed by atoms with Crippen molar-refractivity contribution in [3.05, 3.63) is 94.8 Å². The number of nitrogens with one attached hydrogen (secondary N) is 1. The summed E-state index contributed by atoms with van der Waals surface area (Å²) < 4.78 is 5.62. The summed E-state index contributed by atoms with van der Waals surface area (Å²) >= 11 is 6.00. The first-order valence-corrected chi connectivity index (χ1v) is 11.1. The molecule has 2 atom stereocenters. The van der Waals surface area contributed by atoms with Crippen molar-refractivity contribution < 1.29 is 14.3 Å². The number of nitrogens with two attached hydrogens (primary N) is 1. The average Bonchev–Trinajstić information content (AvgIpc) is 2.85. The Morgan fingerprint density at radius 3 is 2.48 bits per heavy atom. The number of carbonyl (C=O) groups excluding carboxylic acids is 2. The minimum absolute atomic E-state index is 0.0368. The van der Waals surface area contributed by atoms with Crippen LogP contribution in [-0.2, 0) is 9.53 Å². The standard InChI is InChI=1S/C25H25ClN4O3/c26-20-7-5-18(6-8-20)23-16-33-14-13-30(23)24(31)15-22(27)17-1-3-19(4-2-17)25(32)29-21-9-11-28-12-10-21/h1-12,22-23H,13-16,27H2,(H,28,29,32). The molecule has 8 heteroatoms. The molecule has 33 heavy (non-hydrogen) atoms. The summed E-state index contributed by atoms with van der Waals surface area (Å²) in [7, 11) is 0. The molecule has 0 bridgehead atoms. The predicted molar refractivity (Wildman–Crippen MR) is 127 cm³/mol. The maximum absolute atomic E-state index is 13.1. The Morgan fingerprint density at radius 2 is 1.79 bits per heavy atom. The van der Waals surface area contributed by atoms with Crippen LogP contribution in [0.4, 0.5) is 5.69 Å². The lowest BCUT2D eigenvalue weighted by Crippen LogP contribution is -2.44. The van der Waals surface area contributed by atoms with Crippen LogP contribution in [0.5, 0.6) is 0 Å². The average molecular weight is 465 g/mol. The normalized spacial score (nSPS) is 16.8. The second-order valence-electron chi connectivity index (χ2n) is 7.85. The minimum Gasteiger partial charge on any atom is -0.377 e. The van der Waals surface area contributed by atoms with Gasteiger partial charge in [0.1, 0.15) is 0 Å². The van der Waals surface area contributed by atoms with Crippen LogP contribution >= 0.6 is 11.6 Å². The number of hydrogen-bond acceptors (Lipinski definition) is 5. The van der Waals surface area contributed by atoms with Crippen LogP contribution in [-0.4, -0.2) is 41.5 Å². The Bertz CT molecular complexity index is 1090. The van der Waals surface area contributed by atoms with Crippen LogP contribution in [0.3, 0.4) is 0 Å². The highest BCUT2D eigenvalue weighted by atomic mass is 35.5. The molecule has 1 saturated heterocycles. The third-order valence-corrected chi connectivity index (χ3v) is 5.89. The van der Waals surface area contributed by atoms with E-state index in [2.05, 4.69) is 10.3 Å². The van der Waals surface area contributed by atoms with Gasteiger partial charge in [-0.2, -0.15) is 0 Å². The van der Waals surface area contributed by atoms with Gasteiger partial charge >= 0.3 is 0 Å². The van der Waals surface area contributed by atoms with E-state index >= 15 is 0 Å². The Morgan fingerprint density at radius 1 is 1.09 bits per heavy atom. The first-order valence-electron chi connectivity index (χ1n) is 10.7. The fourth-order valence-electron chi connectivity index (χ4n) is 3.81. The van der Waals surface area contributed by atoms with Gasteiger partial charge in [-0.3, -0.25) is 14.6 Å². The van der Waals surface area contributed by atoms with Gasteiger partial charge in [0.25, 0.3) is 5.91 Å². The highest BCUT2D eigenvalue weighted by Gasteiger charge is 2.29. The Kier molecular flexibility index (Phi) is 7.34. The molecule has 1 fully saturated rings. The molecular weight excluding hydrogens is 440 g/mol. The number of benzene rings is 2. The van der Waals surface area contributed by atoms with Crippen LogP contribution in [0.15, 0.2) is 73.1 Å². The number of rotatable bonds is 6. The van der Waals surface area contributed by atoms with Crippen molar-refractivity contribution in [1.29, 1.82) is 0 Å². The molecule has 0 radical (unpaired) electrons. The summed E-state index contributed by atoms with van der Waals surface area (Å²) in [5.74, 6) is -0.262. The first-order chi connectivity index (χ1) is 16.0. The number of anilines is 1. The lowest BCUT2D eigenvalue weighted by molar-refractivity contribution is -0.140. The fraction of sp³-hybridized carbons (Fsp3) is 0.240. The second-order valence-corrected chi connectivity index (χ2v) is 8.29. The number of nitrogens with zero attached hydrogens (tertiary/aromatic N) is 2. The molecule has 1 aliphatic rings. The van der Waals surface area contributed by atoms with E-state index < -0.39 is 6.04 Å². The molecule has 3 N–H and O–H groups in total. The van der Waals surface area contributed by atoms with Crippen molar-refractivity contribution in [3.8, 4) is 0 Å². The maximum Gasteiger partial charge on any atom is 0.255 e. The van der Waals surface area contributed by atoms with E-state index in [0.717, 1.165) is 11.1 Å². The van der Waals surface area contributed by atoms with E-state index in [9.17, 15) is 9.59 Å². The Labute approximate surface area is 197 Å². The SMILES string of the molecule is NC(CC(=O)N1CCOCC1c1ccc(Cl)cc1)c1ccc(C(=O)Nc2ccncc2)cc1. The van der Waals surface area contributed by atoms with Gasteiger partial charge in [0.2, 0.25) is 5.91 Å². The largest absolute Gasteiger partial charge is 0.377 e. The molecule has 170 valence electrons. The Hall–Kier alpha value is -3.26. The van der Waals surface area contributed by atoms with Gasteiger partial charge in [0.15, 0.2) is 0 Å². The van der Waals surface area contributed by atoms with Gasteiger partial charge in [-0.25, -0.2) is 0 Å². The van der Waals surface area contributed by atoms with Crippen LogP contribution in [0.1, 0.15) is 40.0 Å². The summed E-state index contributed by atoms with van der Waals surface area (Å²) in [6.07, 6.45) is 3.38. The van der Waals surface area contributed by atoms with Crippen molar-refractivity contribution in [2.75, 3.05) is 25.1 Å². The minimum atomic E-state index is -0.483. The molecule has 4 rings (SSSR count). The van der Waals surface area contributed by atoms with Gasteiger partial charge in [-0.15, -0.1) is 0 Å².